The number of nitrogens with one attached hydrogen (secondary N) is 2. The third-order valence-electron chi connectivity index (χ3n) is 4.22. The number of alkyl carbamates (subject to hydrolysis) is 1. The molecular formula is C18H30N3O6-. The fourth-order valence-corrected chi connectivity index (χ4v) is 2.73. The Labute approximate surface area is 159 Å². The summed E-state index contributed by atoms with van der Waals surface area (Å²) in [6.07, 6.45) is 0.205. The monoisotopic (exact) mass is 384 g/mol. The van der Waals surface area contributed by atoms with Crippen LogP contribution in [0.4, 0.5) is 4.79 Å². The SMILES string of the molecule is CC(C)[C@H](NC(=O)C1CCN(C(=O)CNC(=O)OC(C)(C)C)CC1)C(=O)[O-]. The van der Waals surface area contributed by atoms with Gasteiger partial charge in [0.25, 0.3) is 0 Å². The Morgan fingerprint density at radius 3 is 2.15 bits per heavy atom. The lowest BCUT2D eigenvalue weighted by atomic mass is 9.94. The number of hydrogen-bond acceptors (Lipinski definition) is 6. The van der Waals surface area contributed by atoms with Gasteiger partial charge in [0.2, 0.25) is 11.8 Å². The molecule has 0 saturated carbocycles. The van der Waals surface area contributed by atoms with Crippen LogP contribution >= 0.6 is 0 Å². The van der Waals surface area contributed by atoms with E-state index in [9.17, 15) is 24.3 Å². The van der Waals surface area contributed by atoms with Crippen molar-refractivity contribution in [1.29, 1.82) is 0 Å². The van der Waals surface area contributed by atoms with E-state index in [2.05, 4.69) is 10.6 Å². The molecule has 1 aliphatic heterocycles. The van der Waals surface area contributed by atoms with Gasteiger partial charge in [-0.25, -0.2) is 4.79 Å². The molecule has 0 bridgehead atoms. The summed E-state index contributed by atoms with van der Waals surface area (Å²) in [5, 5.41) is 16.0. The molecule has 1 heterocycles. The molecular weight excluding hydrogens is 354 g/mol. The predicted molar refractivity (Wildman–Crippen MR) is 95.3 cm³/mol. The van der Waals surface area contributed by atoms with E-state index < -0.39 is 23.7 Å². The second-order valence-electron chi connectivity index (χ2n) is 8.06. The number of aliphatic carboxylic acids is 1. The first-order valence-corrected chi connectivity index (χ1v) is 9.16. The van der Waals surface area contributed by atoms with E-state index >= 15 is 0 Å². The van der Waals surface area contributed by atoms with Crippen LogP contribution in [0, 0.1) is 11.8 Å². The van der Waals surface area contributed by atoms with Crippen LogP contribution < -0.4 is 15.7 Å². The summed E-state index contributed by atoms with van der Waals surface area (Å²) in [6.45, 7) is 9.14. The second kappa shape index (κ2) is 9.57. The van der Waals surface area contributed by atoms with E-state index in [1.165, 1.54) is 0 Å². The number of ether oxygens (including phenoxy) is 1. The van der Waals surface area contributed by atoms with Crippen molar-refractivity contribution < 1.29 is 29.0 Å². The molecule has 154 valence electrons. The number of piperidine rings is 1. The summed E-state index contributed by atoms with van der Waals surface area (Å²) in [4.78, 5) is 48.7. The van der Waals surface area contributed by atoms with Gasteiger partial charge in [-0.15, -0.1) is 0 Å². The Balaban J connectivity index is 2.42. The van der Waals surface area contributed by atoms with Crippen LogP contribution in [0.15, 0.2) is 0 Å². The molecule has 1 fully saturated rings. The topological polar surface area (TPSA) is 128 Å². The minimum atomic E-state index is -1.31. The van der Waals surface area contributed by atoms with Crippen LogP contribution in [-0.2, 0) is 19.1 Å². The quantitative estimate of drug-likeness (QED) is 0.644. The van der Waals surface area contributed by atoms with Crippen molar-refractivity contribution in [2.45, 2.75) is 59.1 Å². The number of rotatable bonds is 6. The average molecular weight is 384 g/mol. The summed E-state index contributed by atoms with van der Waals surface area (Å²) < 4.78 is 5.07. The lowest BCUT2D eigenvalue weighted by molar-refractivity contribution is -0.309. The molecule has 0 aromatic rings. The van der Waals surface area contributed by atoms with Crippen LogP contribution in [0.3, 0.4) is 0 Å². The van der Waals surface area contributed by atoms with E-state index in [1.54, 1.807) is 39.5 Å². The van der Waals surface area contributed by atoms with Crippen molar-refractivity contribution in [2.75, 3.05) is 19.6 Å². The number of carbonyl (C=O) groups is 4. The van der Waals surface area contributed by atoms with Crippen molar-refractivity contribution in [3.05, 3.63) is 0 Å². The minimum Gasteiger partial charge on any atom is -0.548 e. The minimum absolute atomic E-state index is 0.175. The summed E-state index contributed by atoms with van der Waals surface area (Å²) in [5.41, 5.74) is -0.641. The van der Waals surface area contributed by atoms with E-state index in [4.69, 9.17) is 4.74 Å². The van der Waals surface area contributed by atoms with Crippen LogP contribution in [0.1, 0.15) is 47.5 Å². The molecule has 9 heteroatoms. The van der Waals surface area contributed by atoms with Gasteiger partial charge in [-0.05, 0) is 39.5 Å². The van der Waals surface area contributed by atoms with Crippen molar-refractivity contribution in [3.8, 4) is 0 Å². The highest BCUT2D eigenvalue weighted by Gasteiger charge is 2.29. The maximum Gasteiger partial charge on any atom is 0.408 e. The second-order valence-corrected chi connectivity index (χ2v) is 8.06. The van der Waals surface area contributed by atoms with Gasteiger partial charge in [0.05, 0.1) is 12.0 Å². The van der Waals surface area contributed by atoms with E-state index in [1.807, 2.05) is 0 Å². The van der Waals surface area contributed by atoms with E-state index in [0.717, 1.165) is 0 Å². The number of carboxylic acids is 1. The lowest BCUT2D eigenvalue weighted by Crippen LogP contribution is -2.53. The predicted octanol–water partition coefficient (Wildman–Crippen LogP) is -0.360. The maximum atomic E-state index is 12.3. The molecule has 1 saturated heterocycles. The molecule has 1 rings (SSSR count). The van der Waals surface area contributed by atoms with Gasteiger partial charge in [-0.3, -0.25) is 9.59 Å². The van der Waals surface area contributed by atoms with Crippen molar-refractivity contribution >= 4 is 23.9 Å². The summed E-state index contributed by atoms with van der Waals surface area (Å²) in [5.74, 6) is -2.53. The van der Waals surface area contributed by atoms with E-state index in [0.29, 0.717) is 25.9 Å². The fraction of sp³-hybridized carbons (Fsp3) is 0.778. The molecule has 27 heavy (non-hydrogen) atoms. The van der Waals surface area contributed by atoms with Gasteiger partial charge < -0.3 is 30.2 Å². The highest BCUT2D eigenvalue weighted by atomic mass is 16.6. The number of nitrogens with zero attached hydrogens (tertiary/aromatic N) is 1. The highest BCUT2D eigenvalue weighted by molar-refractivity contribution is 5.85. The van der Waals surface area contributed by atoms with Gasteiger partial charge >= 0.3 is 6.09 Å². The molecule has 0 unspecified atom stereocenters. The van der Waals surface area contributed by atoms with Crippen LogP contribution in [-0.4, -0.2) is 60.1 Å². The summed E-state index contributed by atoms with van der Waals surface area (Å²) in [6, 6.07) is -1.03. The molecule has 0 aliphatic carbocycles. The Morgan fingerprint density at radius 1 is 1.15 bits per heavy atom. The standard InChI is InChI=1S/C18H31N3O6/c1-11(2)14(16(24)25)20-15(23)12-6-8-21(9-7-12)13(22)10-19-17(26)27-18(3,4)5/h11-12,14H,6-10H2,1-5H3,(H,19,26)(H,20,23)(H,24,25)/p-1/t14-/m0/s1. The number of carbonyl (C=O) groups excluding carboxylic acids is 4. The third kappa shape index (κ3) is 7.84. The Bertz CT molecular complexity index is 562. The molecule has 1 atom stereocenters. The molecule has 0 aromatic carbocycles. The number of amides is 3. The normalized spacial score (nSPS) is 16.6. The first kappa shape index (κ1) is 22.7. The molecule has 3 amide bonds. The number of carboxylic acid groups (broad SMARTS) is 1. The van der Waals surface area contributed by atoms with Crippen LogP contribution in [0.25, 0.3) is 0 Å². The fourth-order valence-electron chi connectivity index (χ4n) is 2.73. The van der Waals surface area contributed by atoms with Gasteiger partial charge in [0.1, 0.15) is 12.1 Å². The van der Waals surface area contributed by atoms with Gasteiger partial charge in [0, 0.05) is 19.0 Å². The Kier molecular flexibility index (Phi) is 8.05. The molecule has 0 aromatic heterocycles. The first-order valence-electron chi connectivity index (χ1n) is 9.16. The average Bonchev–Trinajstić information content (AvgIpc) is 2.55. The molecule has 1 aliphatic rings. The lowest BCUT2D eigenvalue weighted by Gasteiger charge is -2.33. The number of likely N-dealkylation sites (tertiary alicyclic amines) is 1. The van der Waals surface area contributed by atoms with Gasteiger partial charge in [-0.1, -0.05) is 13.8 Å². The third-order valence-corrected chi connectivity index (χ3v) is 4.22. The largest absolute Gasteiger partial charge is 0.548 e. The zero-order valence-corrected chi connectivity index (χ0v) is 16.7. The van der Waals surface area contributed by atoms with Crippen LogP contribution in [0.5, 0.6) is 0 Å². The summed E-state index contributed by atoms with van der Waals surface area (Å²) >= 11 is 0. The Morgan fingerprint density at radius 2 is 1.70 bits per heavy atom. The van der Waals surface area contributed by atoms with Crippen molar-refractivity contribution in [2.24, 2.45) is 11.8 Å². The summed E-state index contributed by atoms with van der Waals surface area (Å²) in [7, 11) is 0. The maximum absolute atomic E-state index is 12.3. The van der Waals surface area contributed by atoms with E-state index in [-0.39, 0.29) is 30.2 Å². The van der Waals surface area contributed by atoms with Crippen molar-refractivity contribution in [1.82, 2.24) is 15.5 Å². The van der Waals surface area contributed by atoms with Crippen LogP contribution in [0.2, 0.25) is 0 Å². The molecule has 9 nitrogen and oxygen atoms in total. The first-order chi connectivity index (χ1) is 12.4. The zero-order valence-electron chi connectivity index (χ0n) is 16.7. The zero-order chi connectivity index (χ0) is 20.8. The number of hydrogen-bond donors (Lipinski definition) is 2. The van der Waals surface area contributed by atoms with Gasteiger partial charge in [0.15, 0.2) is 0 Å². The van der Waals surface area contributed by atoms with Crippen molar-refractivity contribution in [3.63, 3.8) is 0 Å². The Hall–Kier alpha value is -2.32. The van der Waals surface area contributed by atoms with Gasteiger partial charge in [-0.2, -0.15) is 0 Å². The molecule has 0 spiro atoms. The molecule has 0 radical (unpaired) electrons. The highest BCUT2D eigenvalue weighted by Crippen LogP contribution is 2.18. The smallest absolute Gasteiger partial charge is 0.408 e. The molecule has 2 N–H and O–H groups in total.